The topological polar surface area (TPSA) is 66.5 Å². The summed E-state index contributed by atoms with van der Waals surface area (Å²) in [4.78, 5) is 12.8. The fourth-order valence-electron chi connectivity index (χ4n) is 3.23. The molecule has 1 heterocycles. The number of carbonyl (C=O) groups excluding carboxylic acids is 1. The van der Waals surface area contributed by atoms with Crippen LogP contribution in [-0.4, -0.2) is 20.9 Å². The van der Waals surface area contributed by atoms with E-state index in [9.17, 15) is 13.2 Å². The number of nitrogens with one attached hydrogen (secondary N) is 1. The summed E-state index contributed by atoms with van der Waals surface area (Å²) in [5.74, 6) is -0.242. The third kappa shape index (κ3) is 4.03. The number of anilines is 2. The van der Waals surface area contributed by atoms with Crippen molar-refractivity contribution < 1.29 is 13.2 Å². The van der Waals surface area contributed by atoms with Crippen molar-refractivity contribution in [1.82, 2.24) is 0 Å². The van der Waals surface area contributed by atoms with Crippen molar-refractivity contribution in [3.05, 3.63) is 87.4 Å². The summed E-state index contributed by atoms with van der Waals surface area (Å²) in [6.45, 7) is 0.331. The molecule has 1 N–H and O–H groups in total. The second-order valence-electron chi connectivity index (χ2n) is 6.59. The zero-order valence-corrected chi connectivity index (χ0v) is 18.3. The molecule has 1 aliphatic heterocycles. The number of sulfonamides is 1. The molecule has 3 aromatic carbocycles. The van der Waals surface area contributed by atoms with Crippen molar-refractivity contribution in [1.29, 1.82) is 0 Å². The molecule has 0 radical (unpaired) electrons. The summed E-state index contributed by atoms with van der Waals surface area (Å²) in [6.07, 6.45) is 0.543. The lowest BCUT2D eigenvalue weighted by Gasteiger charge is -2.19. The first-order valence-corrected chi connectivity index (χ1v) is 11.4. The standard InChI is InChI=1S/C21H16BrClN2O3S/c22-16-2-6-18(7-3-16)24-21(26)15-1-10-20-14(13-15)11-12-25(20)29(27,28)19-8-4-17(23)5-9-19/h1-10,13H,11-12H2,(H,24,26). The van der Waals surface area contributed by atoms with E-state index in [0.29, 0.717) is 34.9 Å². The van der Waals surface area contributed by atoms with Gasteiger partial charge in [-0.25, -0.2) is 8.42 Å². The largest absolute Gasteiger partial charge is 0.322 e. The van der Waals surface area contributed by atoms with Gasteiger partial charge in [-0.15, -0.1) is 0 Å². The van der Waals surface area contributed by atoms with Crippen molar-refractivity contribution in [3.63, 3.8) is 0 Å². The molecule has 0 bridgehead atoms. The monoisotopic (exact) mass is 490 g/mol. The highest BCUT2D eigenvalue weighted by Crippen LogP contribution is 2.34. The molecule has 0 fully saturated rings. The molecule has 5 nitrogen and oxygen atoms in total. The Morgan fingerprint density at radius 3 is 2.38 bits per heavy atom. The maximum atomic E-state index is 13.0. The van der Waals surface area contributed by atoms with E-state index in [1.54, 1.807) is 42.5 Å². The minimum absolute atomic E-state index is 0.187. The van der Waals surface area contributed by atoms with Crippen LogP contribution in [-0.2, 0) is 16.4 Å². The average Bonchev–Trinajstić information content (AvgIpc) is 3.14. The van der Waals surface area contributed by atoms with Crippen LogP contribution in [0.25, 0.3) is 0 Å². The maximum absolute atomic E-state index is 13.0. The number of hydrogen-bond donors (Lipinski definition) is 1. The summed E-state index contributed by atoms with van der Waals surface area (Å²) in [5, 5.41) is 3.32. The molecule has 8 heteroatoms. The number of hydrogen-bond acceptors (Lipinski definition) is 3. The lowest BCUT2D eigenvalue weighted by Crippen LogP contribution is -2.29. The van der Waals surface area contributed by atoms with Crippen molar-refractivity contribution in [2.24, 2.45) is 0 Å². The Balaban J connectivity index is 1.58. The SMILES string of the molecule is O=C(Nc1ccc(Br)cc1)c1ccc2c(c1)CCN2S(=O)(=O)c1ccc(Cl)cc1. The fraction of sp³-hybridized carbons (Fsp3) is 0.0952. The zero-order valence-electron chi connectivity index (χ0n) is 15.1. The highest BCUT2D eigenvalue weighted by Gasteiger charge is 2.31. The van der Waals surface area contributed by atoms with Crippen LogP contribution < -0.4 is 9.62 Å². The van der Waals surface area contributed by atoms with E-state index in [1.807, 2.05) is 12.1 Å². The molecule has 1 aliphatic rings. The van der Waals surface area contributed by atoms with Gasteiger partial charge in [-0.1, -0.05) is 27.5 Å². The van der Waals surface area contributed by atoms with Gasteiger partial charge in [-0.05, 0) is 78.7 Å². The molecule has 4 rings (SSSR count). The number of halogens is 2. The first-order valence-electron chi connectivity index (χ1n) is 8.83. The second-order valence-corrected chi connectivity index (χ2v) is 9.80. The number of carbonyl (C=O) groups is 1. The average molecular weight is 492 g/mol. The Morgan fingerprint density at radius 1 is 1.00 bits per heavy atom. The Labute approximate surface area is 182 Å². The van der Waals surface area contributed by atoms with Gasteiger partial charge in [0.2, 0.25) is 0 Å². The van der Waals surface area contributed by atoms with Crippen molar-refractivity contribution >= 4 is 54.8 Å². The third-order valence-corrected chi connectivity index (χ3v) is 7.31. The number of fused-ring (bicyclic) bond motifs is 1. The van der Waals surface area contributed by atoms with Crippen LogP contribution in [0.2, 0.25) is 5.02 Å². The molecule has 0 unspecified atom stereocenters. The van der Waals surface area contributed by atoms with E-state index < -0.39 is 10.0 Å². The molecule has 0 saturated heterocycles. The molecule has 148 valence electrons. The van der Waals surface area contributed by atoms with E-state index in [4.69, 9.17) is 11.6 Å². The van der Waals surface area contributed by atoms with Gasteiger partial charge in [0.25, 0.3) is 15.9 Å². The molecule has 1 amide bonds. The Hall–Kier alpha value is -2.35. The van der Waals surface area contributed by atoms with Gasteiger partial charge in [0.05, 0.1) is 10.6 Å². The number of nitrogens with zero attached hydrogens (tertiary/aromatic N) is 1. The lowest BCUT2D eigenvalue weighted by molar-refractivity contribution is 0.102. The van der Waals surface area contributed by atoms with Crippen LogP contribution in [0.3, 0.4) is 0 Å². The maximum Gasteiger partial charge on any atom is 0.264 e. The van der Waals surface area contributed by atoms with E-state index >= 15 is 0 Å². The zero-order chi connectivity index (χ0) is 20.6. The van der Waals surface area contributed by atoms with Crippen LogP contribution in [0.5, 0.6) is 0 Å². The summed E-state index contributed by atoms with van der Waals surface area (Å²) < 4.78 is 28.3. The normalized spacial score (nSPS) is 13.2. The van der Waals surface area contributed by atoms with E-state index in [0.717, 1.165) is 10.0 Å². The first kappa shape index (κ1) is 19.9. The fourth-order valence-corrected chi connectivity index (χ4v) is 5.13. The lowest BCUT2D eigenvalue weighted by atomic mass is 10.1. The van der Waals surface area contributed by atoms with E-state index in [-0.39, 0.29) is 10.8 Å². The highest BCUT2D eigenvalue weighted by atomic mass is 79.9. The number of amides is 1. The number of rotatable bonds is 4. The molecule has 29 heavy (non-hydrogen) atoms. The van der Waals surface area contributed by atoms with Gasteiger partial charge < -0.3 is 5.32 Å². The van der Waals surface area contributed by atoms with E-state index in [2.05, 4.69) is 21.2 Å². The van der Waals surface area contributed by atoms with Crippen LogP contribution >= 0.6 is 27.5 Å². The quantitative estimate of drug-likeness (QED) is 0.552. The van der Waals surface area contributed by atoms with Gasteiger partial charge >= 0.3 is 0 Å². The minimum atomic E-state index is -3.68. The molecule has 0 aromatic heterocycles. The molecule has 0 saturated carbocycles. The summed E-state index contributed by atoms with van der Waals surface area (Å²) in [6, 6.07) is 18.5. The Morgan fingerprint density at radius 2 is 1.69 bits per heavy atom. The smallest absolute Gasteiger partial charge is 0.264 e. The first-order chi connectivity index (χ1) is 13.8. The molecule has 0 atom stereocenters. The summed E-state index contributed by atoms with van der Waals surface area (Å²) in [7, 11) is -3.68. The predicted molar refractivity (Wildman–Crippen MR) is 118 cm³/mol. The highest BCUT2D eigenvalue weighted by molar-refractivity contribution is 9.10. The minimum Gasteiger partial charge on any atom is -0.322 e. The van der Waals surface area contributed by atoms with Crippen LogP contribution in [0.4, 0.5) is 11.4 Å². The van der Waals surface area contributed by atoms with Crippen molar-refractivity contribution in [2.75, 3.05) is 16.2 Å². The Bertz CT molecular complexity index is 1180. The molecule has 0 spiro atoms. The predicted octanol–water partition coefficient (Wildman–Crippen LogP) is 5.11. The van der Waals surface area contributed by atoms with Crippen molar-refractivity contribution in [2.45, 2.75) is 11.3 Å². The van der Waals surface area contributed by atoms with Gasteiger partial charge in [-0.2, -0.15) is 0 Å². The second kappa shape index (κ2) is 7.82. The van der Waals surface area contributed by atoms with Gasteiger partial charge in [0.1, 0.15) is 0 Å². The van der Waals surface area contributed by atoms with Crippen molar-refractivity contribution in [3.8, 4) is 0 Å². The molecule has 0 aliphatic carbocycles. The van der Waals surface area contributed by atoms with Gasteiger partial charge in [0.15, 0.2) is 0 Å². The number of benzene rings is 3. The van der Waals surface area contributed by atoms with Crippen LogP contribution in [0, 0.1) is 0 Å². The van der Waals surface area contributed by atoms with E-state index in [1.165, 1.54) is 16.4 Å². The van der Waals surface area contributed by atoms with Gasteiger partial charge in [-0.3, -0.25) is 9.10 Å². The summed E-state index contributed by atoms with van der Waals surface area (Å²) in [5.41, 5.74) is 2.59. The summed E-state index contributed by atoms with van der Waals surface area (Å²) >= 11 is 9.23. The molecular weight excluding hydrogens is 476 g/mol. The molecular formula is C21H16BrClN2O3S. The molecule has 3 aromatic rings. The van der Waals surface area contributed by atoms with Gasteiger partial charge in [0, 0.05) is 27.3 Å². The van der Waals surface area contributed by atoms with Crippen LogP contribution in [0.1, 0.15) is 15.9 Å². The van der Waals surface area contributed by atoms with Crippen LogP contribution in [0.15, 0.2) is 76.1 Å². The third-order valence-electron chi connectivity index (χ3n) is 4.70. The Kier molecular flexibility index (Phi) is 5.38.